The molecule has 2 aromatic rings. The van der Waals surface area contributed by atoms with E-state index >= 15 is 0 Å². The van der Waals surface area contributed by atoms with E-state index in [0.29, 0.717) is 11.1 Å². The Hall–Kier alpha value is -2.42. The van der Waals surface area contributed by atoms with E-state index in [2.05, 4.69) is 4.98 Å². The molecule has 3 N–H and O–H groups in total. The molecule has 1 aromatic carbocycles. The lowest BCUT2D eigenvalue weighted by atomic mass is 10.1. The van der Waals surface area contributed by atoms with Crippen molar-refractivity contribution in [3.8, 4) is 11.1 Å². The summed E-state index contributed by atoms with van der Waals surface area (Å²) in [6, 6.07) is 7.36. The average molecular weight is 347 g/mol. The minimum absolute atomic E-state index is 0.163. The Kier molecular flexibility index (Phi) is 4.76. The molecule has 25 heavy (non-hydrogen) atoms. The third-order valence-electron chi connectivity index (χ3n) is 4.36. The molecule has 1 saturated heterocycles. The largest absolute Gasteiger partial charge is 0.394 e. The van der Waals surface area contributed by atoms with Gasteiger partial charge >= 0.3 is 5.69 Å². The maximum Gasteiger partial charge on any atom is 0.330 e. The van der Waals surface area contributed by atoms with Gasteiger partial charge in [-0.2, -0.15) is 0 Å². The van der Waals surface area contributed by atoms with Crippen molar-refractivity contribution < 1.29 is 14.9 Å². The lowest BCUT2D eigenvalue weighted by Crippen LogP contribution is -2.33. The number of hydrogen-bond donors (Lipinski definition) is 3. The number of anilines is 1. The van der Waals surface area contributed by atoms with Gasteiger partial charge in [0.1, 0.15) is 12.3 Å². The van der Waals surface area contributed by atoms with Gasteiger partial charge in [0, 0.05) is 32.4 Å². The summed E-state index contributed by atoms with van der Waals surface area (Å²) in [5.74, 6) is 0. The van der Waals surface area contributed by atoms with Gasteiger partial charge in [0.15, 0.2) is 0 Å². The molecule has 1 aromatic heterocycles. The Morgan fingerprint density at radius 1 is 1.28 bits per heavy atom. The number of nitrogens with one attached hydrogen (secondary N) is 1. The normalized spacial score (nSPS) is 23.0. The molecule has 1 aliphatic heterocycles. The smallest absolute Gasteiger partial charge is 0.330 e. The van der Waals surface area contributed by atoms with Crippen LogP contribution in [0.2, 0.25) is 0 Å². The first-order valence-corrected chi connectivity index (χ1v) is 7.98. The second-order valence-corrected chi connectivity index (χ2v) is 6.27. The van der Waals surface area contributed by atoms with Gasteiger partial charge in [-0.05, 0) is 17.7 Å². The highest BCUT2D eigenvalue weighted by Crippen LogP contribution is 2.28. The van der Waals surface area contributed by atoms with E-state index in [1.165, 1.54) is 10.8 Å². The van der Waals surface area contributed by atoms with Gasteiger partial charge in [-0.1, -0.05) is 12.1 Å². The Morgan fingerprint density at radius 2 is 1.96 bits per heavy atom. The molecule has 3 atom stereocenters. The van der Waals surface area contributed by atoms with Crippen LogP contribution >= 0.6 is 0 Å². The topological polar surface area (TPSA) is 108 Å². The summed E-state index contributed by atoms with van der Waals surface area (Å²) >= 11 is 0. The second kappa shape index (κ2) is 6.83. The van der Waals surface area contributed by atoms with Gasteiger partial charge < -0.3 is 19.8 Å². The molecule has 0 radical (unpaired) electrons. The molecule has 134 valence electrons. The summed E-state index contributed by atoms with van der Waals surface area (Å²) < 4.78 is 6.75. The number of benzene rings is 1. The van der Waals surface area contributed by atoms with Gasteiger partial charge in [0.05, 0.1) is 18.3 Å². The van der Waals surface area contributed by atoms with Crippen LogP contribution in [0.15, 0.2) is 40.1 Å². The third kappa shape index (κ3) is 3.37. The van der Waals surface area contributed by atoms with Crippen LogP contribution in [0.25, 0.3) is 11.1 Å². The predicted octanol–water partition coefficient (Wildman–Crippen LogP) is -0.0897. The minimum atomic E-state index is -0.864. The maximum absolute atomic E-state index is 12.2. The van der Waals surface area contributed by atoms with Crippen molar-refractivity contribution in [1.82, 2.24) is 9.55 Å². The van der Waals surface area contributed by atoms with Crippen LogP contribution in [-0.2, 0) is 4.74 Å². The molecule has 3 unspecified atom stereocenters. The van der Waals surface area contributed by atoms with Crippen LogP contribution in [0, 0.1) is 0 Å². The zero-order valence-electron chi connectivity index (χ0n) is 14.0. The van der Waals surface area contributed by atoms with Gasteiger partial charge in [0.25, 0.3) is 5.56 Å². The molecular formula is C17H21N3O5. The molecular weight excluding hydrogens is 326 g/mol. The molecule has 0 aliphatic carbocycles. The highest BCUT2D eigenvalue weighted by molar-refractivity contribution is 5.64. The van der Waals surface area contributed by atoms with Crippen molar-refractivity contribution in [3.63, 3.8) is 0 Å². The highest BCUT2D eigenvalue weighted by atomic mass is 16.5. The first-order valence-electron chi connectivity index (χ1n) is 7.98. The molecule has 1 aliphatic rings. The van der Waals surface area contributed by atoms with E-state index in [-0.39, 0.29) is 13.0 Å². The van der Waals surface area contributed by atoms with Crippen molar-refractivity contribution >= 4 is 5.69 Å². The SMILES string of the molecule is CN(C)c1ccc(-c2cn(C3CC(O)C(CO)O3)c(=O)[nH]c2=O)cc1. The molecule has 0 spiro atoms. The van der Waals surface area contributed by atoms with E-state index in [9.17, 15) is 19.8 Å². The standard InChI is InChI=1S/C17H21N3O5/c1-19(2)11-5-3-10(4-6-11)12-8-20(17(24)18-16(12)23)15-7-13(22)14(9-21)25-15/h3-6,8,13-15,21-22H,7,9H2,1-2H3,(H,18,23,24). The van der Waals surface area contributed by atoms with E-state index < -0.39 is 29.7 Å². The molecule has 0 amide bonds. The van der Waals surface area contributed by atoms with Crippen LogP contribution in [0.1, 0.15) is 12.6 Å². The lowest BCUT2D eigenvalue weighted by Gasteiger charge is -2.16. The first-order chi connectivity index (χ1) is 11.9. The number of aliphatic hydroxyl groups is 2. The zero-order valence-corrected chi connectivity index (χ0v) is 14.0. The molecule has 0 bridgehead atoms. The number of H-pyrrole nitrogens is 1. The summed E-state index contributed by atoms with van der Waals surface area (Å²) in [5.41, 5.74) is 0.875. The Balaban J connectivity index is 1.99. The average Bonchev–Trinajstić information content (AvgIpc) is 2.95. The first kappa shape index (κ1) is 17.4. The van der Waals surface area contributed by atoms with E-state index in [0.717, 1.165) is 5.69 Å². The van der Waals surface area contributed by atoms with Crippen LogP contribution in [0.3, 0.4) is 0 Å². The maximum atomic E-state index is 12.2. The summed E-state index contributed by atoms with van der Waals surface area (Å²) in [6.45, 7) is -0.339. The predicted molar refractivity (Wildman–Crippen MR) is 92.7 cm³/mol. The molecule has 2 heterocycles. The summed E-state index contributed by atoms with van der Waals surface area (Å²) in [5, 5.41) is 19.0. The number of nitrogens with zero attached hydrogens (tertiary/aromatic N) is 2. The van der Waals surface area contributed by atoms with Gasteiger partial charge in [0.2, 0.25) is 0 Å². The summed E-state index contributed by atoms with van der Waals surface area (Å²) in [4.78, 5) is 28.6. The fraction of sp³-hybridized carbons (Fsp3) is 0.412. The van der Waals surface area contributed by atoms with E-state index in [1.807, 2.05) is 31.1 Å². The van der Waals surface area contributed by atoms with Crippen molar-refractivity contribution in [2.75, 3.05) is 25.6 Å². The monoisotopic (exact) mass is 347 g/mol. The van der Waals surface area contributed by atoms with Crippen LogP contribution in [0.4, 0.5) is 5.69 Å². The van der Waals surface area contributed by atoms with Gasteiger partial charge in [-0.25, -0.2) is 4.79 Å². The molecule has 0 saturated carbocycles. The van der Waals surface area contributed by atoms with Crippen molar-refractivity contribution in [3.05, 3.63) is 51.3 Å². The number of aromatic nitrogens is 2. The quantitative estimate of drug-likeness (QED) is 0.713. The Labute approximate surface area is 143 Å². The fourth-order valence-electron chi connectivity index (χ4n) is 2.89. The molecule has 8 nitrogen and oxygen atoms in total. The van der Waals surface area contributed by atoms with E-state index in [1.54, 1.807) is 12.1 Å². The zero-order chi connectivity index (χ0) is 18.1. The van der Waals surface area contributed by atoms with Crippen molar-refractivity contribution in [2.24, 2.45) is 0 Å². The number of aliphatic hydroxyl groups excluding tert-OH is 2. The summed E-state index contributed by atoms with van der Waals surface area (Å²) in [7, 11) is 3.84. The van der Waals surface area contributed by atoms with Crippen LogP contribution in [0.5, 0.6) is 0 Å². The number of rotatable bonds is 4. The molecule has 1 fully saturated rings. The second-order valence-electron chi connectivity index (χ2n) is 6.27. The fourth-order valence-corrected chi connectivity index (χ4v) is 2.89. The van der Waals surface area contributed by atoms with E-state index in [4.69, 9.17) is 4.74 Å². The highest BCUT2D eigenvalue weighted by Gasteiger charge is 2.35. The van der Waals surface area contributed by atoms with Crippen molar-refractivity contribution in [2.45, 2.75) is 24.9 Å². The van der Waals surface area contributed by atoms with Crippen LogP contribution < -0.4 is 16.1 Å². The number of hydrogen-bond acceptors (Lipinski definition) is 6. The summed E-state index contributed by atoms with van der Waals surface area (Å²) in [6.07, 6.45) is -0.751. The van der Waals surface area contributed by atoms with Gasteiger partial charge in [-0.3, -0.25) is 14.3 Å². The lowest BCUT2D eigenvalue weighted by molar-refractivity contribution is -0.0458. The molecule has 8 heteroatoms. The minimum Gasteiger partial charge on any atom is -0.394 e. The Bertz CT molecular complexity index is 856. The number of aromatic amines is 1. The molecule has 3 rings (SSSR count). The number of ether oxygens (including phenoxy) is 1. The van der Waals surface area contributed by atoms with Gasteiger partial charge in [-0.15, -0.1) is 0 Å². The van der Waals surface area contributed by atoms with Crippen molar-refractivity contribution in [1.29, 1.82) is 0 Å². The Morgan fingerprint density at radius 3 is 2.52 bits per heavy atom. The van der Waals surface area contributed by atoms with Crippen LogP contribution in [-0.4, -0.2) is 52.7 Å². The third-order valence-corrected chi connectivity index (χ3v) is 4.36.